The third kappa shape index (κ3) is 2.34. The van der Waals surface area contributed by atoms with E-state index in [-0.39, 0.29) is 0 Å². The molecule has 3 heteroatoms. The Morgan fingerprint density at radius 2 is 2.24 bits per heavy atom. The fraction of sp³-hybridized carbons (Fsp3) is 0.357. The summed E-state index contributed by atoms with van der Waals surface area (Å²) < 4.78 is 0. The van der Waals surface area contributed by atoms with Gasteiger partial charge in [0.05, 0.1) is 17.4 Å². The predicted octanol–water partition coefficient (Wildman–Crippen LogP) is 4.01. The van der Waals surface area contributed by atoms with E-state index in [1.807, 2.05) is 23.6 Å². The van der Waals surface area contributed by atoms with E-state index in [1.165, 1.54) is 17.7 Å². The summed E-state index contributed by atoms with van der Waals surface area (Å²) in [5, 5.41) is 5.81. The number of aromatic nitrogens is 1. The molecule has 1 aliphatic rings. The molecule has 1 fully saturated rings. The molecule has 0 spiro atoms. The van der Waals surface area contributed by atoms with Gasteiger partial charge in [-0.1, -0.05) is 6.07 Å². The summed E-state index contributed by atoms with van der Waals surface area (Å²) >= 11 is 1.84. The first-order chi connectivity index (χ1) is 8.34. The summed E-state index contributed by atoms with van der Waals surface area (Å²) in [7, 11) is 0. The molecule has 1 unspecified atom stereocenters. The van der Waals surface area contributed by atoms with Crippen molar-refractivity contribution >= 4 is 17.0 Å². The molecule has 2 aromatic heterocycles. The van der Waals surface area contributed by atoms with E-state index in [2.05, 4.69) is 40.8 Å². The lowest BCUT2D eigenvalue weighted by Gasteiger charge is -2.19. The highest BCUT2D eigenvalue weighted by molar-refractivity contribution is 7.10. The Balaban J connectivity index is 1.84. The molecule has 1 saturated carbocycles. The van der Waals surface area contributed by atoms with E-state index in [0.717, 1.165) is 17.3 Å². The van der Waals surface area contributed by atoms with Crippen LogP contribution >= 0.6 is 11.3 Å². The average molecular weight is 244 g/mol. The average Bonchev–Trinajstić information content (AvgIpc) is 3.03. The highest BCUT2D eigenvalue weighted by Gasteiger charge is 2.33. The van der Waals surface area contributed by atoms with Crippen LogP contribution in [0.5, 0.6) is 0 Å². The summed E-state index contributed by atoms with van der Waals surface area (Å²) in [5.74, 6) is 0.799. The number of hydrogen-bond acceptors (Lipinski definition) is 3. The molecule has 2 heterocycles. The van der Waals surface area contributed by atoms with Crippen LogP contribution in [0.2, 0.25) is 0 Å². The SMILES string of the molecule is Cc1ncccc1NC(c1cccs1)C1CC1. The molecule has 0 radical (unpaired) electrons. The zero-order chi connectivity index (χ0) is 11.7. The van der Waals surface area contributed by atoms with Gasteiger partial charge in [0.2, 0.25) is 0 Å². The highest BCUT2D eigenvalue weighted by Crippen LogP contribution is 2.44. The first-order valence-electron chi connectivity index (χ1n) is 6.06. The lowest BCUT2D eigenvalue weighted by atomic mass is 10.1. The lowest BCUT2D eigenvalue weighted by Crippen LogP contribution is -2.12. The molecule has 2 aromatic rings. The van der Waals surface area contributed by atoms with Gasteiger partial charge in [-0.05, 0) is 49.3 Å². The van der Waals surface area contributed by atoms with E-state index in [4.69, 9.17) is 0 Å². The number of pyridine rings is 1. The first kappa shape index (κ1) is 10.8. The van der Waals surface area contributed by atoms with Gasteiger partial charge in [0.25, 0.3) is 0 Å². The Morgan fingerprint density at radius 1 is 1.35 bits per heavy atom. The molecule has 1 atom stereocenters. The van der Waals surface area contributed by atoms with Crippen LogP contribution in [0.3, 0.4) is 0 Å². The van der Waals surface area contributed by atoms with E-state index in [0.29, 0.717) is 6.04 Å². The van der Waals surface area contributed by atoms with Crippen LogP contribution in [0.15, 0.2) is 35.8 Å². The lowest BCUT2D eigenvalue weighted by molar-refractivity contribution is 0.689. The van der Waals surface area contributed by atoms with Crippen molar-refractivity contribution in [1.29, 1.82) is 0 Å². The summed E-state index contributed by atoms with van der Waals surface area (Å²) in [4.78, 5) is 5.77. The van der Waals surface area contributed by atoms with Gasteiger partial charge in [0.15, 0.2) is 0 Å². The fourth-order valence-electron chi connectivity index (χ4n) is 2.12. The second kappa shape index (κ2) is 4.49. The molecule has 0 bridgehead atoms. The van der Waals surface area contributed by atoms with Crippen LogP contribution < -0.4 is 5.32 Å². The standard InChI is InChI=1S/C14H16N2S/c1-10-12(4-2-8-15-10)16-14(11-6-7-11)13-5-3-9-17-13/h2-5,8-9,11,14,16H,6-7H2,1H3. The number of rotatable bonds is 4. The van der Waals surface area contributed by atoms with Crippen molar-refractivity contribution in [2.45, 2.75) is 25.8 Å². The summed E-state index contributed by atoms with van der Waals surface area (Å²) in [5.41, 5.74) is 2.24. The number of hydrogen-bond donors (Lipinski definition) is 1. The molecule has 0 amide bonds. The normalized spacial score (nSPS) is 16.8. The summed E-state index contributed by atoms with van der Waals surface area (Å²) in [6.45, 7) is 2.06. The monoisotopic (exact) mass is 244 g/mol. The second-order valence-electron chi connectivity index (χ2n) is 4.61. The van der Waals surface area contributed by atoms with Gasteiger partial charge >= 0.3 is 0 Å². The molecule has 0 aromatic carbocycles. The third-order valence-corrected chi connectivity index (χ3v) is 4.22. The van der Waals surface area contributed by atoms with Crippen LogP contribution in [0, 0.1) is 12.8 Å². The van der Waals surface area contributed by atoms with Crippen LogP contribution in [0.4, 0.5) is 5.69 Å². The van der Waals surface area contributed by atoms with Crippen molar-refractivity contribution in [1.82, 2.24) is 4.98 Å². The minimum atomic E-state index is 0.470. The molecule has 0 saturated heterocycles. The zero-order valence-electron chi connectivity index (χ0n) is 9.89. The Labute approximate surface area is 106 Å². The van der Waals surface area contributed by atoms with Crippen molar-refractivity contribution < 1.29 is 0 Å². The minimum Gasteiger partial charge on any atom is -0.376 e. The van der Waals surface area contributed by atoms with Crippen molar-refractivity contribution in [2.75, 3.05) is 5.32 Å². The van der Waals surface area contributed by atoms with Crippen LogP contribution in [-0.4, -0.2) is 4.98 Å². The Morgan fingerprint density at radius 3 is 2.88 bits per heavy atom. The molecule has 2 nitrogen and oxygen atoms in total. The van der Waals surface area contributed by atoms with Gasteiger partial charge in [-0.2, -0.15) is 0 Å². The third-order valence-electron chi connectivity index (χ3n) is 3.26. The van der Waals surface area contributed by atoms with Crippen LogP contribution in [0.25, 0.3) is 0 Å². The van der Waals surface area contributed by atoms with Gasteiger partial charge in [0.1, 0.15) is 0 Å². The van der Waals surface area contributed by atoms with Crippen LogP contribution in [0.1, 0.15) is 29.5 Å². The Hall–Kier alpha value is -1.35. The molecule has 1 N–H and O–H groups in total. The molecule has 17 heavy (non-hydrogen) atoms. The fourth-order valence-corrected chi connectivity index (χ4v) is 2.99. The van der Waals surface area contributed by atoms with Crippen molar-refractivity contribution in [3.05, 3.63) is 46.4 Å². The van der Waals surface area contributed by atoms with E-state index < -0.39 is 0 Å². The van der Waals surface area contributed by atoms with Crippen molar-refractivity contribution in [3.63, 3.8) is 0 Å². The van der Waals surface area contributed by atoms with E-state index in [1.54, 1.807) is 0 Å². The Kier molecular flexibility index (Phi) is 2.85. The highest BCUT2D eigenvalue weighted by atomic mass is 32.1. The van der Waals surface area contributed by atoms with E-state index in [9.17, 15) is 0 Å². The number of anilines is 1. The first-order valence-corrected chi connectivity index (χ1v) is 6.94. The molecule has 0 aliphatic heterocycles. The van der Waals surface area contributed by atoms with Crippen LogP contribution in [-0.2, 0) is 0 Å². The number of thiophene rings is 1. The van der Waals surface area contributed by atoms with Gasteiger partial charge in [0, 0.05) is 11.1 Å². The topological polar surface area (TPSA) is 24.9 Å². The smallest absolute Gasteiger partial charge is 0.0635 e. The zero-order valence-corrected chi connectivity index (χ0v) is 10.7. The summed E-state index contributed by atoms with van der Waals surface area (Å²) in [6.07, 6.45) is 4.53. The van der Waals surface area contributed by atoms with Crippen molar-refractivity contribution in [2.24, 2.45) is 5.92 Å². The number of nitrogens with zero attached hydrogens (tertiary/aromatic N) is 1. The summed E-state index contributed by atoms with van der Waals surface area (Å²) in [6, 6.07) is 8.94. The molecular weight excluding hydrogens is 228 g/mol. The maximum atomic E-state index is 4.33. The van der Waals surface area contributed by atoms with Gasteiger partial charge in [-0.15, -0.1) is 11.3 Å². The molecule has 88 valence electrons. The van der Waals surface area contributed by atoms with Crippen molar-refractivity contribution in [3.8, 4) is 0 Å². The maximum absolute atomic E-state index is 4.33. The largest absolute Gasteiger partial charge is 0.376 e. The molecule has 3 rings (SSSR count). The predicted molar refractivity (Wildman–Crippen MR) is 72.4 cm³/mol. The number of aryl methyl sites for hydroxylation is 1. The molecule has 1 aliphatic carbocycles. The second-order valence-corrected chi connectivity index (χ2v) is 5.59. The minimum absolute atomic E-state index is 0.470. The maximum Gasteiger partial charge on any atom is 0.0635 e. The quantitative estimate of drug-likeness (QED) is 0.878. The molecular formula is C14H16N2S. The Bertz CT molecular complexity index is 489. The van der Waals surface area contributed by atoms with Gasteiger partial charge < -0.3 is 5.32 Å². The van der Waals surface area contributed by atoms with Gasteiger partial charge in [-0.3, -0.25) is 4.98 Å². The number of nitrogens with one attached hydrogen (secondary N) is 1. The van der Waals surface area contributed by atoms with Gasteiger partial charge in [-0.25, -0.2) is 0 Å². The van der Waals surface area contributed by atoms with E-state index >= 15 is 0 Å².